The van der Waals surface area contributed by atoms with Crippen molar-refractivity contribution in [2.24, 2.45) is 7.05 Å². The molecule has 0 bridgehead atoms. The van der Waals surface area contributed by atoms with Crippen molar-refractivity contribution < 1.29 is 8.98 Å². The molecule has 3 aromatic heterocycles. The molecule has 3 nitrogen and oxygen atoms in total. The van der Waals surface area contributed by atoms with Gasteiger partial charge in [0.25, 0.3) is 0 Å². The zero-order chi connectivity index (χ0) is 21.3. The van der Waals surface area contributed by atoms with E-state index in [-0.39, 0.29) is 0 Å². The first kappa shape index (κ1) is 18.1. The largest absolute Gasteiger partial charge is 0.437 e. The summed E-state index contributed by atoms with van der Waals surface area (Å²) >= 11 is 0. The van der Waals surface area contributed by atoms with E-state index in [0.717, 1.165) is 38.5 Å². The molecule has 0 atom stereocenters. The predicted molar refractivity (Wildman–Crippen MR) is 127 cm³/mol. The van der Waals surface area contributed by atoms with Crippen LogP contribution >= 0.6 is 0 Å². The highest BCUT2D eigenvalue weighted by molar-refractivity contribution is 6.11. The van der Waals surface area contributed by atoms with Crippen LogP contribution in [0, 0.1) is 20.8 Å². The normalized spacial score (nSPS) is 11.9. The highest BCUT2D eigenvalue weighted by atomic mass is 16.3. The van der Waals surface area contributed by atoms with Gasteiger partial charge in [-0.1, -0.05) is 30.3 Å². The van der Waals surface area contributed by atoms with Crippen LogP contribution in [0.1, 0.15) is 16.7 Å². The number of pyridine rings is 2. The summed E-state index contributed by atoms with van der Waals surface area (Å²) in [5.74, 6) is 0. The minimum atomic E-state index is 0.695. The second kappa shape index (κ2) is 6.39. The van der Waals surface area contributed by atoms with Gasteiger partial charge in [-0.15, -0.1) is 0 Å². The lowest BCUT2D eigenvalue weighted by Crippen LogP contribution is -2.32. The van der Waals surface area contributed by atoms with Crippen molar-refractivity contribution in [3.63, 3.8) is 0 Å². The maximum Gasteiger partial charge on any atom is 0.227 e. The van der Waals surface area contributed by atoms with E-state index in [9.17, 15) is 0 Å². The van der Waals surface area contributed by atoms with Crippen LogP contribution in [-0.2, 0) is 7.05 Å². The van der Waals surface area contributed by atoms with Gasteiger partial charge in [0.15, 0.2) is 5.58 Å². The Kier molecular flexibility index (Phi) is 3.73. The number of aryl methyl sites for hydroxylation is 3. The molecule has 31 heavy (non-hydrogen) atoms. The van der Waals surface area contributed by atoms with Gasteiger partial charge in [-0.25, -0.2) is 4.98 Å². The first-order valence-electron chi connectivity index (χ1n) is 10.6. The standard InChI is InChI=1S/C28H23N2O/c1-16-13-21-22-15-19-9-5-7-11-23(19)29-28(22)31-27(21)26(18(16)3)25-14-17(2)20-10-6-8-12-24(20)30(25)4/h5-15H,1-4H3/q+1. The molecule has 3 heterocycles. The van der Waals surface area contributed by atoms with E-state index in [4.69, 9.17) is 9.40 Å². The third kappa shape index (κ3) is 2.53. The summed E-state index contributed by atoms with van der Waals surface area (Å²) in [6.45, 7) is 6.55. The molecule has 0 fully saturated rings. The second-order valence-electron chi connectivity index (χ2n) is 8.49. The fraction of sp³-hybridized carbons (Fsp3) is 0.143. The van der Waals surface area contributed by atoms with E-state index in [2.05, 4.69) is 87.0 Å². The molecular weight excluding hydrogens is 380 g/mol. The lowest BCUT2D eigenvalue weighted by molar-refractivity contribution is -0.633. The third-order valence-corrected chi connectivity index (χ3v) is 6.64. The molecule has 0 N–H and O–H groups in total. The molecule has 150 valence electrons. The fourth-order valence-corrected chi connectivity index (χ4v) is 4.82. The van der Waals surface area contributed by atoms with Gasteiger partial charge in [-0.2, -0.15) is 4.57 Å². The number of furan rings is 1. The summed E-state index contributed by atoms with van der Waals surface area (Å²) in [4.78, 5) is 4.83. The Morgan fingerprint density at radius 3 is 2.42 bits per heavy atom. The van der Waals surface area contributed by atoms with Crippen LogP contribution in [0.3, 0.4) is 0 Å². The molecule has 0 aliphatic carbocycles. The Bertz CT molecular complexity index is 1670. The summed E-state index contributed by atoms with van der Waals surface area (Å²) in [6, 6.07) is 23.5. The van der Waals surface area contributed by atoms with Gasteiger partial charge in [-0.3, -0.25) is 0 Å². The van der Waals surface area contributed by atoms with E-state index >= 15 is 0 Å². The SMILES string of the molecule is Cc1cc2c(oc3nc4ccccc4cc32)c(-c2cc(C)c3ccccc3[n+]2C)c1C. The lowest BCUT2D eigenvalue weighted by atomic mass is 9.95. The predicted octanol–water partition coefficient (Wildman–Crippen LogP) is 6.70. The zero-order valence-electron chi connectivity index (χ0n) is 18.2. The molecule has 0 spiro atoms. The molecule has 0 radical (unpaired) electrons. The molecule has 6 rings (SSSR count). The fourth-order valence-electron chi connectivity index (χ4n) is 4.82. The molecule has 3 aromatic carbocycles. The van der Waals surface area contributed by atoms with Gasteiger partial charge in [-0.05, 0) is 61.7 Å². The van der Waals surface area contributed by atoms with Crippen molar-refractivity contribution in [1.82, 2.24) is 4.98 Å². The maximum absolute atomic E-state index is 6.46. The first-order valence-corrected chi connectivity index (χ1v) is 10.6. The average Bonchev–Trinajstić information content (AvgIpc) is 3.12. The summed E-state index contributed by atoms with van der Waals surface area (Å²) < 4.78 is 8.74. The molecule has 0 amide bonds. The molecule has 3 heteroatoms. The lowest BCUT2D eigenvalue weighted by Gasteiger charge is -2.11. The van der Waals surface area contributed by atoms with Crippen molar-refractivity contribution in [1.29, 1.82) is 0 Å². The van der Waals surface area contributed by atoms with Gasteiger partial charge in [0.05, 0.1) is 11.1 Å². The van der Waals surface area contributed by atoms with Crippen LogP contribution in [0.5, 0.6) is 0 Å². The van der Waals surface area contributed by atoms with Crippen molar-refractivity contribution in [3.05, 3.63) is 83.4 Å². The molecule has 0 aliphatic heterocycles. The van der Waals surface area contributed by atoms with E-state index in [1.165, 1.54) is 27.6 Å². The van der Waals surface area contributed by atoms with Crippen molar-refractivity contribution >= 4 is 43.9 Å². The Morgan fingerprint density at radius 1 is 0.774 bits per heavy atom. The minimum Gasteiger partial charge on any atom is -0.437 e. The molecule has 0 saturated carbocycles. The van der Waals surface area contributed by atoms with Gasteiger partial charge in [0, 0.05) is 33.7 Å². The van der Waals surface area contributed by atoms with Crippen molar-refractivity contribution in [3.8, 4) is 11.3 Å². The van der Waals surface area contributed by atoms with Gasteiger partial charge in [0.1, 0.15) is 7.05 Å². The van der Waals surface area contributed by atoms with Crippen LogP contribution in [0.4, 0.5) is 0 Å². The van der Waals surface area contributed by atoms with Crippen LogP contribution in [0.2, 0.25) is 0 Å². The van der Waals surface area contributed by atoms with Crippen LogP contribution in [-0.4, -0.2) is 4.98 Å². The van der Waals surface area contributed by atoms with Crippen LogP contribution < -0.4 is 4.57 Å². The molecular formula is C28H23N2O+. The number of fused-ring (bicyclic) bond motifs is 5. The minimum absolute atomic E-state index is 0.695. The monoisotopic (exact) mass is 403 g/mol. The Labute approximate surface area is 180 Å². The number of nitrogens with zero attached hydrogens (tertiary/aromatic N) is 2. The summed E-state index contributed by atoms with van der Waals surface area (Å²) in [7, 11) is 2.14. The van der Waals surface area contributed by atoms with Crippen molar-refractivity contribution in [2.75, 3.05) is 0 Å². The van der Waals surface area contributed by atoms with Gasteiger partial charge < -0.3 is 4.42 Å². The number of hydrogen-bond acceptors (Lipinski definition) is 2. The molecule has 0 unspecified atom stereocenters. The highest BCUT2D eigenvalue weighted by Gasteiger charge is 2.24. The quantitative estimate of drug-likeness (QED) is 0.286. The van der Waals surface area contributed by atoms with Crippen molar-refractivity contribution in [2.45, 2.75) is 20.8 Å². The Morgan fingerprint density at radius 2 is 1.55 bits per heavy atom. The Balaban J connectivity index is 1.78. The van der Waals surface area contributed by atoms with E-state index in [1.54, 1.807) is 0 Å². The van der Waals surface area contributed by atoms with E-state index in [0.29, 0.717) is 5.71 Å². The van der Waals surface area contributed by atoms with E-state index in [1.807, 2.05) is 12.1 Å². The average molecular weight is 404 g/mol. The summed E-state index contributed by atoms with van der Waals surface area (Å²) in [5.41, 5.74) is 9.83. The zero-order valence-corrected chi connectivity index (χ0v) is 18.2. The first-order chi connectivity index (χ1) is 15.0. The summed E-state index contributed by atoms with van der Waals surface area (Å²) in [6.07, 6.45) is 0. The van der Waals surface area contributed by atoms with E-state index < -0.39 is 0 Å². The highest BCUT2D eigenvalue weighted by Crippen LogP contribution is 2.39. The second-order valence-corrected chi connectivity index (χ2v) is 8.49. The van der Waals surface area contributed by atoms with Gasteiger partial charge in [0.2, 0.25) is 16.9 Å². The summed E-state index contributed by atoms with van der Waals surface area (Å²) in [5, 5.41) is 4.59. The van der Waals surface area contributed by atoms with Crippen LogP contribution in [0.25, 0.3) is 55.1 Å². The molecule has 0 saturated heterocycles. The smallest absolute Gasteiger partial charge is 0.227 e. The number of aromatic nitrogens is 2. The maximum atomic E-state index is 6.46. The third-order valence-electron chi connectivity index (χ3n) is 6.64. The number of rotatable bonds is 1. The molecule has 0 aliphatic rings. The molecule has 6 aromatic rings. The van der Waals surface area contributed by atoms with Gasteiger partial charge >= 0.3 is 0 Å². The number of hydrogen-bond donors (Lipinski definition) is 0. The van der Waals surface area contributed by atoms with Crippen LogP contribution in [0.15, 0.2) is 71.1 Å². The topological polar surface area (TPSA) is 29.9 Å². The number of benzene rings is 3. The number of para-hydroxylation sites is 2. The Hall–Kier alpha value is -3.72.